The first-order valence-electron chi connectivity index (χ1n) is 3.43. The summed E-state index contributed by atoms with van der Waals surface area (Å²) in [6.45, 7) is 8.40. The van der Waals surface area contributed by atoms with Crippen LogP contribution in [-0.2, 0) is 20.4 Å². The van der Waals surface area contributed by atoms with E-state index in [9.17, 15) is 0 Å². The molecule has 0 spiro atoms. The molecule has 59 valence electrons. The number of rotatable bonds is 2. The molecule has 10 heavy (non-hydrogen) atoms. The molecular weight excluding hydrogens is 294 g/mol. The Labute approximate surface area is 78.1 Å². The van der Waals surface area contributed by atoms with Gasteiger partial charge in [0.05, 0.1) is 0 Å². The maximum atomic E-state index is 3.15. The molecule has 0 atom stereocenters. The second kappa shape index (κ2) is 7.25. The van der Waals surface area contributed by atoms with Gasteiger partial charge in [-0.05, 0) is 0 Å². The Kier molecular flexibility index (Phi) is 9.27. The van der Waals surface area contributed by atoms with E-state index in [0.717, 1.165) is 6.42 Å². The third kappa shape index (κ3) is 4.97. The number of hydrogen-bond acceptors (Lipinski definition) is 0. The molecule has 0 aromatic rings. The van der Waals surface area contributed by atoms with Gasteiger partial charge in [0.15, 0.2) is 0 Å². The van der Waals surface area contributed by atoms with E-state index in [1.165, 1.54) is 11.1 Å². The fourth-order valence-corrected chi connectivity index (χ4v) is 0.605. The van der Waals surface area contributed by atoms with E-state index in [1.807, 2.05) is 13.0 Å². The molecule has 0 amide bonds. The van der Waals surface area contributed by atoms with Crippen LogP contribution in [0.15, 0.2) is 17.2 Å². The second-order valence-electron chi connectivity index (χ2n) is 2.19. The maximum absolute atomic E-state index is 3.15. The van der Waals surface area contributed by atoms with Crippen molar-refractivity contribution < 1.29 is 20.4 Å². The molecular formula is C9H15Re-. The molecule has 1 heteroatoms. The molecule has 0 nitrogen and oxygen atoms in total. The van der Waals surface area contributed by atoms with Gasteiger partial charge in [-0.1, -0.05) is 20.8 Å². The third-order valence-corrected chi connectivity index (χ3v) is 1.53. The molecule has 0 saturated heterocycles. The summed E-state index contributed by atoms with van der Waals surface area (Å²) in [4.78, 5) is 0. The van der Waals surface area contributed by atoms with Crippen molar-refractivity contribution in [2.45, 2.75) is 34.1 Å². The average molecular weight is 309 g/mol. The van der Waals surface area contributed by atoms with Crippen LogP contribution >= 0.6 is 0 Å². The van der Waals surface area contributed by atoms with Gasteiger partial charge in [0.1, 0.15) is 0 Å². The standard InChI is InChI=1S/C9H15.Re/c1-5-7-9(4)8(3)6-2;/h5H,6H2,1-4H3;/q-1;. The summed E-state index contributed by atoms with van der Waals surface area (Å²) in [6.07, 6.45) is 6.24. The molecule has 0 aliphatic rings. The van der Waals surface area contributed by atoms with E-state index < -0.39 is 0 Å². The van der Waals surface area contributed by atoms with Gasteiger partial charge in [-0.25, -0.2) is 11.1 Å². The minimum atomic E-state index is 0. The number of hydrogen-bond donors (Lipinski definition) is 0. The summed E-state index contributed by atoms with van der Waals surface area (Å²) in [5.41, 5.74) is 2.70. The first-order chi connectivity index (χ1) is 4.22. The molecule has 0 aliphatic heterocycles. The molecule has 0 fully saturated rings. The Morgan fingerprint density at radius 2 is 1.90 bits per heavy atom. The van der Waals surface area contributed by atoms with Crippen molar-refractivity contribution in [1.82, 2.24) is 0 Å². The number of allylic oxidation sites excluding steroid dienone is 4. The van der Waals surface area contributed by atoms with Crippen LogP contribution in [0.5, 0.6) is 0 Å². The van der Waals surface area contributed by atoms with Crippen LogP contribution in [0, 0.1) is 6.08 Å². The summed E-state index contributed by atoms with van der Waals surface area (Å²) >= 11 is 0. The van der Waals surface area contributed by atoms with Crippen molar-refractivity contribution in [1.29, 1.82) is 0 Å². The minimum Gasteiger partial charge on any atom is -0.252 e. The van der Waals surface area contributed by atoms with Gasteiger partial charge in [-0.3, -0.25) is 6.08 Å². The summed E-state index contributed by atoms with van der Waals surface area (Å²) in [6, 6.07) is 0. The summed E-state index contributed by atoms with van der Waals surface area (Å²) in [5, 5.41) is 0. The molecule has 0 N–H and O–H groups in total. The zero-order valence-electron chi connectivity index (χ0n) is 7.16. The van der Waals surface area contributed by atoms with Crippen molar-refractivity contribution in [3.63, 3.8) is 0 Å². The quantitative estimate of drug-likeness (QED) is 0.543. The monoisotopic (exact) mass is 310 g/mol. The molecule has 1 radical (unpaired) electrons. The van der Waals surface area contributed by atoms with Gasteiger partial charge in [-0.15, -0.1) is 13.3 Å². The molecule has 0 rings (SSSR count). The van der Waals surface area contributed by atoms with Gasteiger partial charge in [0.2, 0.25) is 0 Å². The SMILES string of the molecule is CC=[C-]C(C)=C(C)CC.[Re]. The predicted octanol–water partition coefficient (Wildman–Crippen LogP) is 3.11. The Morgan fingerprint density at radius 1 is 1.40 bits per heavy atom. The normalized spacial score (nSPS) is 12.8. The minimum absolute atomic E-state index is 0. The van der Waals surface area contributed by atoms with Gasteiger partial charge in [-0.2, -0.15) is 6.08 Å². The third-order valence-electron chi connectivity index (χ3n) is 1.53. The van der Waals surface area contributed by atoms with Crippen LogP contribution in [0.2, 0.25) is 0 Å². The summed E-state index contributed by atoms with van der Waals surface area (Å²) in [5.74, 6) is 0. The average Bonchev–Trinajstić information content (AvgIpc) is 1.87. The van der Waals surface area contributed by atoms with E-state index >= 15 is 0 Å². The summed E-state index contributed by atoms with van der Waals surface area (Å²) in [7, 11) is 0. The molecule has 0 bridgehead atoms. The zero-order chi connectivity index (χ0) is 7.28. The maximum Gasteiger partial charge on any atom is 0 e. The first-order valence-corrected chi connectivity index (χ1v) is 3.43. The van der Waals surface area contributed by atoms with Crippen LogP contribution in [0.1, 0.15) is 34.1 Å². The van der Waals surface area contributed by atoms with E-state index in [1.54, 1.807) is 0 Å². The molecule has 0 aliphatic carbocycles. The van der Waals surface area contributed by atoms with Crippen molar-refractivity contribution in [2.75, 3.05) is 0 Å². The van der Waals surface area contributed by atoms with Gasteiger partial charge in [0.25, 0.3) is 0 Å². The Balaban J connectivity index is 0. The van der Waals surface area contributed by atoms with Crippen LogP contribution < -0.4 is 0 Å². The zero-order valence-corrected chi connectivity index (χ0v) is 9.88. The fourth-order valence-electron chi connectivity index (χ4n) is 0.605. The fraction of sp³-hybridized carbons (Fsp3) is 0.556. The molecule has 0 heterocycles. The smallest absolute Gasteiger partial charge is 0 e. The predicted molar refractivity (Wildman–Crippen MR) is 42.2 cm³/mol. The van der Waals surface area contributed by atoms with Crippen LogP contribution in [0.25, 0.3) is 0 Å². The van der Waals surface area contributed by atoms with Gasteiger partial charge >= 0.3 is 0 Å². The van der Waals surface area contributed by atoms with Crippen molar-refractivity contribution in [3.8, 4) is 0 Å². The Hall–Kier alpha value is 0.142. The van der Waals surface area contributed by atoms with Crippen molar-refractivity contribution in [2.24, 2.45) is 0 Å². The first kappa shape index (κ1) is 12.8. The van der Waals surface area contributed by atoms with E-state index in [2.05, 4.69) is 26.8 Å². The van der Waals surface area contributed by atoms with Crippen LogP contribution in [0.3, 0.4) is 0 Å². The molecule has 0 aromatic carbocycles. The Bertz CT molecular complexity index is 132. The largest absolute Gasteiger partial charge is 0.252 e. The van der Waals surface area contributed by atoms with E-state index in [-0.39, 0.29) is 20.4 Å². The Morgan fingerprint density at radius 3 is 2.20 bits per heavy atom. The summed E-state index contributed by atoms with van der Waals surface area (Å²) < 4.78 is 0. The van der Waals surface area contributed by atoms with Crippen molar-refractivity contribution >= 4 is 0 Å². The van der Waals surface area contributed by atoms with E-state index in [4.69, 9.17) is 0 Å². The molecule has 0 saturated carbocycles. The van der Waals surface area contributed by atoms with Crippen molar-refractivity contribution in [3.05, 3.63) is 23.3 Å². The van der Waals surface area contributed by atoms with Gasteiger partial charge in [0, 0.05) is 20.4 Å². The van der Waals surface area contributed by atoms with Crippen LogP contribution in [0.4, 0.5) is 0 Å². The topological polar surface area (TPSA) is 0 Å². The molecule has 0 unspecified atom stereocenters. The van der Waals surface area contributed by atoms with E-state index in [0.29, 0.717) is 0 Å². The van der Waals surface area contributed by atoms with Gasteiger partial charge < -0.3 is 0 Å². The van der Waals surface area contributed by atoms with Crippen LogP contribution in [-0.4, -0.2) is 0 Å². The second-order valence-corrected chi connectivity index (χ2v) is 2.19. The molecule has 0 aromatic heterocycles.